The zero-order valence-corrected chi connectivity index (χ0v) is 17.1. The van der Waals surface area contributed by atoms with Gasteiger partial charge in [-0.2, -0.15) is 5.48 Å². The molecule has 1 amide bonds. The van der Waals surface area contributed by atoms with Crippen LogP contribution in [0.1, 0.15) is 43.4 Å². The first-order valence-corrected chi connectivity index (χ1v) is 9.78. The van der Waals surface area contributed by atoms with Gasteiger partial charge in [-0.05, 0) is 68.0 Å². The number of aryl methyl sites for hydroxylation is 2. The summed E-state index contributed by atoms with van der Waals surface area (Å²) in [6.07, 6.45) is 4.50. The molecule has 0 aliphatic rings. The number of rotatable bonds is 9. The van der Waals surface area contributed by atoms with Gasteiger partial charge in [0, 0.05) is 0 Å². The highest BCUT2D eigenvalue weighted by molar-refractivity contribution is 6.15. The quantitative estimate of drug-likeness (QED) is 0.379. The minimum atomic E-state index is -1.09. The number of nitrogens with one attached hydrogen (secondary N) is 2. The molecule has 0 saturated carbocycles. The second kappa shape index (κ2) is 10.8. The van der Waals surface area contributed by atoms with Crippen molar-refractivity contribution in [3.05, 3.63) is 71.3 Å². The van der Waals surface area contributed by atoms with Crippen molar-refractivity contribution in [2.45, 2.75) is 51.5 Å². The van der Waals surface area contributed by atoms with E-state index in [1.54, 1.807) is 13.8 Å². The highest BCUT2D eigenvalue weighted by Gasteiger charge is 2.29. The summed E-state index contributed by atoms with van der Waals surface area (Å²) in [4.78, 5) is 30.7. The van der Waals surface area contributed by atoms with Crippen LogP contribution in [0.4, 0.5) is 0 Å². The molecule has 2 aromatic carbocycles. The molecule has 0 fully saturated rings. The molecule has 2 N–H and O–H groups in total. The lowest BCUT2D eigenvalue weighted by atomic mass is 10.0. The molecule has 0 radical (unpaired) electrons. The second-order valence-corrected chi connectivity index (χ2v) is 7.51. The average molecular weight is 403 g/mol. The van der Waals surface area contributed by atoms with Crippen molar-refractivity contribution in [2.24, 2.45) is 0 Å². The summed E-state index contributed by atoms with van der Waals surface area (Å²) in [6.45, 7) is 3.10. The summed E-state index contributed by atoms with van der Waals surface area (Å²) in [7, 11) is 0. The van der Waals surface area contributed by atoms with Gasteiger partial charge in [0.2, 0.25) is 0 Å². The SMILES string of the molecule is CC(C)(NCl)C(=O)ONC(=O)Cc1ccc(CCCCc2ccccc2)cc1. The third kappa shape index (κ3) is 7.33. The predicted octanol–water partition coefficient (Wildman–Crippen LogP) is 3.89. The monoisotopic (exact) mass is 402 g/mol. The van der Waals surface area contributed by atoms with E-state index in [0.29, 0.717) is 0 Å². The molecule has 0 unspecified atom stereocenters. The van der Waals surface area contributed by atoms with E-state index in [0.717, 1.165) is 31.2 Å². The lowest BCUT2D eigenvalue weighted by Crippen LogP contribution is -2.46. The zero-order valence-electron chi connectivity index (χ0n) is 16.3. The number of hydrogen-bond acceptors (Lipinski definition) is 4. The van der Waals surface area contributed by atoms with Crippen molar-refractivity contribution in [1.82, 2.24) is 10.3 Å². The Hall–Kier alpha value is -2.37. The molecule has 5 nitrogen and oxygen atoms in total. The van der Waals surface area contributed by atoms with Gasteiger partial charge in [0.1, 0.15) is 5.54 Å². The van der Waals surface area contributed by atoms with Gasteiger partial charge in [-0.3, -0.25) is 4.79 Å². The van der Waals surface area contributed by atoms with E-state index in [4.69, 9.17) is 16.6 Å². The summed E-state index contributed by atoms with van der Waals surface area (Å²) in [6, 6.07) is 18.4. The Bertz CT molecular complexity index is 761. The fourth-order valence-corrected chi connectivity index (χ4v) is 2.69. The lowest BCUT2D eigenvalue weighted by Gasteiger charge is -2.19. The van der Waals surface area contributed by atoms with Crippen LogP contribution in [-0.2, 0) is 33.7 Å². The van der Waals surface area contributed by atoms with E-state index in [2.05, 4.69) is 34.6 Å². The molecule has 0 saturated heterocycles. The molecule has 2 rings (SSSR count). The van der Waals surface area contributed by atoms with Crippen molar-refractivity contribution >= 4 is 23.7 Å². The Labute approximate surface area is 171 Å². The molecule has 0 spiro atoms. The lowest BCUT2D eigenvalue weighted by molar-refractivity contribution is -0.162. The molecule has 0 atom stereocenters. The molecule has 150 valence electrons. The normalized spacial score (nSPS) is 11.1. The number of unbranched alkanes of at least 4 members (excludes halogenated alkanes) is 1. The van der Waals surface area contributed by atoms with Crippen LogP contribution in [0, 0.1) is 0 Å². The van der Waals surface area contributed by atoms with Crippen LogP contribution in [0.15, 0.2) is 54.6 Å². The second-order valence-electron chi connectivity index (χ2n) is 7.32. The molecule has 28 heavy (non-hydrogen) atoms. The van der Waals surface area contributed by atoms with Crippen molar-refractivity contribution in [2.75, 3.05) is 0 Å². The molecule has 0 aromatic heterocycles. The van der Waals surface area contributed by atoms with Gasteiger partial charge in [0.15, 0.2) is 0 Å². The summed E-state index contributed by atoms with van der Waals surface area (Å²) >= 11 is 5.46. The maximum atomic E-state index is 11.9. The van der Waals surface area contributed by atoms with Crippen LogP contribution < -0.4 is 10.3 Å². The number of amides is 1. The van der Waals surface area contributed by atoms with Gasteiger partial charge in [0.05, 0.1) is 6.42 Å². The van der Waals surface area contributed by atoms with Crippen LogP contribution in [0.5, 0.6) is 0 Å². The van der Waals surface area contributed by atoms with Gasteiger partial charge in [-0.25, -0.2) is 9.63 Å². The van der Waals surface area contributed by atoms with E-state index in [1.165, 1.54) is 11.1 Å². The molecular formula is C22H27ClN2O3. The molecular weight excluding hydrogens is 376 g/mol. The van der Waals surface area contributed by atoms with Crippen LogP contribution in [0.25, 0.3) is 0 Å². The molecule has 6 heteroatoms. The van der Waals surface area contributed by atoms with Gasteiger partial charge in [-0.1, -0.05) is 54.6 Å². The topological polar surface area (TPSA) is 67.4 Å². The maximum absolute atomic E-state index is 11.9. The Balaban J connectivity index is 1.70. The van der Waals surface area contributed by atoms with Crippen molar-refractivity contribution in [3.63, 3.8) is 0 Å². The number of halogens is 1. The first-order valence-electron chi connectivity index (χ1n) is 9.40. The number of carbonyl (C=O) groups excluding carboxylic acids is 2. The highest BCUT2D eigenvalue weighted by Crippen LogP contribution is 2.11. The van der Waals surface area contributed by atoms with Crippen molar-refractivity contribution in [1.29, 1.82) is 0 Å². The minimum Gasteiger partial charge on any atom is -0.339 e. The maximum Gasteiger partial charge on any atom is 0.352 e. The number of benzene rings is 2. The molecule has 0 aliphatic heterocycles. The van der Waals surface area contributed by atoms with E-state index >= 15 is 0 Å². The summed E-state index contributed by atoms with van der Waals surface area (Å²) < 4.78 is 0. The van der Waals surface area contributed by atoms with Crippen molar-refractivity contribution < 1.29 is 14.4 Å². The van der Waals surface area contributed by atoms with Gasteiger partial charge in [-0.15, -0.1) is 0 Å². The molecule has 0 aliphatic carbocycles. The number of hydrogen-bond donors (Lipinski definition) is 2. The van der Waals surface area contributed by atoms with Gasteiger partial charge < -0.3 is 4.84 Å². The Morgan fingerprint density at radius 1 is 0.893 bits per heavy atom. The summed E-state index contributed by atoms with van der Waals surface area (Å²) in [5, 5.41) is 0. The fourth-order valence-electron chi connectivity index (χ4n) is 2.62. The van der Waals surface area contributed by atoms with E-state index in [9.17, 15) is 9.59 Å². The first kappa shape index (κ1) is 21.9. The largest absolute Gasteiger partial charge is 0.352 e. The van der Waals surface area contributed by atoms with Gasteiger partial charge >= 0.3 is 5.97 Å². The predicted molar refractivity (Wildman–Crippen MR) is 111 cm³/mol. The minimum absolute atomic E-state index is 0.135. The average Bonchev–Trinajstić information content (AvgIpc) is 2.71. The zero-order chi connectivity index (χ0) is 20.4. The fraction of sp³-hybridized carbons (Fsp3) is 0.364. The summed E-state index contributed by atoms with van der Waals surface area (Å²) in [5.74, 6) is -1.06. The van der Waals surface area contributed by atoms with Crippen LogP contribution in [-0.4, -0.2) is 17.4 Å². The number of hydroxylamine groups is 1. The highest BCUT2D eigenvalue weighted by atomic mass is 35.5. The van der Waals surface area contributed by atoms with Crippen LogP contribution >= 0.6 is 11.8 Å². The Kier molecular flexibility index (Phi) is 8.48. The van der Waals surface area contributed by atoms with E-state index < -0.39 is 17.4 Å². The summed E-state index contributed by atoms with van der Waals surface area (Å²) in [5.41, 5.74) is 4.55. The van der Waals surface area contributed by atoms with Crippen LogP contribution in [0.3, 0.4) is 0 Å². The molecule has 0 bridgehead atoms. The first-order chi connectivity index (χ1) is 13.4. The Morgan fingerprint density at radius 3 is 2.00 bits per heavy atom. The third-order valence-electron chi connectivity index (χ3n) is 4.42. The molecule has 2 aromatic rings. The Morgan fingerprint density at radius 2 is 1.43 bits per heavy atom. The third-order valence-corrected chi connectivity index (χ3v) is 4.89. The van der Waals surface area contributed by atoms with E-state index in [-0.39, 0.29) is 6.42 Å². The molecule has 0 heterocycles. The smallest absolute Gasteiger partial charge is 0.339 e. The van der Waals surface area contributed by atoms with E-state index in [1.807, 2.05) is 30.3 Å². The standard InChI is InChI=1S/C22H27ClN2O3/c1-22(2,25-23)21(27)28-24-20(26)16-19-14-12-18(13-15-19)11-7-6-10-17-8-4-3-5-9-17/h3-5,8-9,12-15,25H,6-7,10-11,16H2,1-2H3,(H,24,26). The van der Waals surface area contributed by atoms with Gasteiger partial charge in [0.25, 0.3) is 5.91 Å². The van der Waals surface area contributed by atoms with Crippen LogP contribution in [0.2, 0.25) is 0 Å². The van der Waals surface area contributed by atoms with Crippen molar-refractivity contribution in [3.8, 4) is 0 Å². The number of carbonyl (C=O) groups is 2.